The van der Waals surface area contributed by atoms with E-state index >= 15 is 0 Å². The molecule has 3 rings (SSSR count). The zero-order valence-corrected chi connectivity index (χ0v) is 9.57. The van der Waals surface area contributed by atoms with Crippen LogP contribution in [0.5, 0.6) is 0 Å². The summed E-state index contributed by atoms with van der Waals surface area (Å²) in [5.74, 6) is -0.457. The van der Waals surface area contributed by atoms with E-state index in [9.17, 15) is 4.79 Å². The fraction of sp³-hybridized carbons (Fsp3) is 0. The van der Waals surface area contributed by atoms with Crippen molar-refractivity contribution in [3.8, 4) is 10.4 Å². The summed E-state index contributed by atoms with van der Waals surface area (Å²) in [4.78, 5) is 17.2. The first-order valence-corrected chi connectivity index (χ1v) is 5.82. The van der Waals surface area contributed by atoms with Crippen molar-refractivity contribution >= 4 is 22.2 Å². The smallest absolute Gasteiger partial charge is 0.267 e. The third-order valence-corrected chi connectivity index (χ3v) is 3.58. The lowest BCUT2D eigenvalue weighted by atomic mass is 10.1. The fourth-order valence-corrected chi connectivity index (χ4v) is 2.82. The Kier molecular flexibility index (Phi) is 2.19. The normalized spacial score (nSPS) is 10.8. The molecule has 0 spiro atoms. The highest BCUT2D eigenvalue weighted by molar-refractivity contribution is 7.20. The average Bonchev–Trinajstić information content (AvgIpc) is 2.88. The number of aromatic nitrogens is 2. The second-order valence-electron chi connectivity index (χ2n) is 3.53. The molecule has 1 amide bonds. The highest BCUT2D eigenvalue weighted by Crippen LogP contribution is 2.32. The quantitative estimate of drug-likeness (QED) is 0.746. The van der Waals surface area contributed by atoms with Gasteiger partial charge in [0.25, 0.3) is 5.91 Å². The number of amides is 1. The molecular weight excluding hydrogens is 234 g/mol. The molecule has 4 nitrogen and oxygen atoms in total. The van der Waals surface area contributed by atoms with Gasteiger partial charge in [0, 0.05) is 6.20 Å². The zero-order chi connectivity index (χ0) is 11.8. The molecule has 0 bridgehead atoms. The zero-order valence-electron chi connectivity index (χ0n) is 8.75. The summed E-state index contributed by atoms with van der Waals surface area (Å²) in [6.07, 6.45) is 4.33. The molecule has 0 unspecified atom stereocenters. The van der Waals surface area contributed by atoms with Crippen LogP contribution in [-0.4, -0.2) is 15.3 Å². The summed E-state index contributed by atoms with van der Waals surface area (Å²) in [7, 11) is 0. The highest BCUT2D eigenvalue weighted by Gasteiger charge is 2.18. The Balaban J connectivity index is 2.33. The maximum Gasteiger partial charge on any atom is 0.267 e. The summed E-state index contributed by atoms with van der Waals surface area (Å²) in [6, 6.07) is 9.67. The Morgan fingerprint density at radius 3 is 2.82 bits per heavy atom. The molecule has 0 saturated carbocycles. The number of nitrogens with zero attached hydrogens (tertiary/aromatic N) is 2. The second-order valence-corrected chi connectivity index (χ2v) is 4.51. The Morgan fingerprint density at radius 1 is 1.35 bits per heavy atom. The van der Waals surface area contributed by atoms with Crippen molar-refractivity contribution in [1.82, 2.24) is 9.38 Å². The number of rotatable bonds is 2. The van der Waals surface area contributed by atoms with E-state index in [1.807, 2.05) is 30.3 Å². The largest absolute Gasteiger partial charge is 0.364 e. The van der Waals surface area contributed by atoms with Crippen molar-refractivity contribution < 1.29 is 4.79 Å². The topological polar surface area (TPSA) is 60.4 Å². The molecule has 0 aliphatic heterocycles. The Hall–Kier alpha value is -2.14. The van der Waals surface area contributed by atoms with E-state index in [1.165, 1.54) is 11.3 Å². The summed E-state index contributed by atoms with van der Waals surface area (Å²) in [6.45, 7) is 0. The highest BCUT2D eigenvalue weighted by atomic mass is 32.1. The molecular formula is C12H8N3OS. The van der Waals surface area contributed by atoms with Crippen LogP contribution in [0.15, 0.2) is 36.5 Å². The van der Waals surface area contributed by atoms with Crippen LogP contribution in [0.2, 0.25) is 0 Å². The van der Waals surface area contributed by atoms with Gasteiger partial charge in [-0.15, -0.1) is 0 Å². The lowest BCUT2D eigenvalue weighted by Crippen LogP contribution is -2.14. The molecule has 5 heteroatoms. The number of thiazole rings is 1. The minimum Gasteiger partial charge on any atom is -0.364 e. The van der Waals surface area contributed by atoms with Crippen molar-refractivity contribution in [2.24, 2.45) is 5.73 Å². The number of nitrogens with two attached hydrogens (primary N) is 1. The van der Waals surface area contributed by atoms with Crippen molar-refractivity contribution in [1.29, 1.82) is 0 Å². The number of benzene rings is 1. The van der Waals surface area contributed by atoms with Gasteiger partial charge in [0.15, 0.2) is 4.96 Å². The average molecular weight is 242 g/mol. The molecule has 2 N–H and O–H groups in total. The summed E-state index contributed by atoms with van der Waals surface area (Å²) in [5.41, 5.74) is 6.86. The van der Waals surface area contributed by atoms with E-state index in [4.69, 9.17) is 5.73 Å². The van der Waals surface area contributed by atoms with Crippen LogP contribution in [0.25, 0.3) is 15.4 Å². The number of hydrogen-bond donors (Lipinski definition) is 1. The molecule has 17 heavy (non-hydrogen) atoms. The van der Waals surface area contributed by atoms with Gasteiger partial charge in [-0.2, -0.15) is 0 Å². The number of carbonyl (C=O) groups is 1. The first-order valence-electron chi connectivity index (χ1n) is 5.00. The van der Waals surface area contributed by atoms with Gasteiger partial charge in [0.05, 0.1) is 4.88 Å². The van der Waals surface area contributed by atoms with E-state index in [0.29, 0.717) is 5.69 Å². The van der Waals surface area contributed by atoms with Crippen LogP contribution >= 0.6 is 11.3 Å². The summed E-state index contributed by atoms with van der Waals surface area (Å²) in [5, 5.41) is 0. The Labute approximate surface area is 101 Å². The van der Waals surface area contributed by atoms with Crippen LogP contribution in [0.3, 0.4) is 0 Å². The Morgan fingerprint density at radius 2 is 2.12 bits per heavy atom. The van der Waals surface area contributed by atoms with E-state index < -0.39 is 5.91 Å². The monoisotopic (exact) mass is 242 g/mol. The molecule has 0 atom stereocenters. The van der Waals surface area contributed by atoms with Crippen LogP contribution in [-0.2, 0) is 0 Å². The minimum atomic E-state index is -0.457. The first-order chi connectivity index (χ1) is 8.27. The molecule has 0 saturated heterocycles. The number of primary amides is 1. The standard InChI is InChI=1S/C12H8N3OS/c13-11(16)9-10(8-4-2-1-3-5-8)17-12-14-6-7-15(9)12/h1-5,7H,(H2,13,16). The van der Waals surface area contributed by atoms with Gasteiger partial charge in [0.1, 0.15) is 11.9 Å². The molecule has 3 aromatic rings. The minimum absolute atomic E-state index is 0.457. The first kappa shape index (κ1) is 10.0. The lowest BCUT2D eigenvalue weighted by Gasteiger charge is -2.00. The molecule has 2 heterocycles. The maximum atomic E-state index is 11.5. The summed E-state index contributed by atoms with van der Waals surface area (Å²) < 4.78 is 1.68. The number of hydrogen-bond acceptors (Lipinski definition) is 3. The van der Waals surface area contributed by atoms with Crippen molar-refractivity contribution in [3.63, 3.8) is 0 Å². The number of imidazole rings is 1. The van der Waals surface area contributed by atoms with Crippen LogP contribution in [0.4, 0.5) is 0 Å². The van der Waals surface area contributed by atoms with E-state index in [2.05, 4.69) is 11.2 Å². The van der Waals surface area contributed by atoms with E-state index in [0.717, 1.165) is 15.4 Å². The van der Waals surface area contributed by atoms with Gasteiger partial charge >= 0.3 is 0 Å². The van der Waals surface area contributed by atoms with E-state index in [-0.39, 0.29) is 0 Å². The predicted octanol–water partition coefficient (Wildman–Crippen LogP) is 1.96. The van der Waals surface area contributed by atoms with Gasteiger partial charge in [-0.3, -0.25) is 9.20 Å². The molecule has 0 fully saturated rings. The lowest BCUT2D eigenvalue weighted by molar-refractivity contribution is 0.0995. The third kappa shape index (κ3) is 1.52. The van der Waals surface area contributed by atoms with Gasteiger partial charge < -0.3 is 5.73 Å². The van der Waals surface area contributed by atoms with Gasteiger partial charge in [-0.1, -0.05) is 41.7 Å². The molecule has 1 aromatic carbocycles. The van der Waals surface area contributed by atoms with Gasteiger partial charge in [-0.25, -0.2) is 4.98 Å². The fourth-order valence-electron chi connectivity index (χ4n) is 1.75. The van der Waals surface area contributed by atoms with Crippen molar-refractivity contribution in [2.45, 2.75) is 0 Å². The SMILES string of the molecule is NC(=O)c1c(-c2ccccc2)sc2n[c]cn12. The second kappa shape index (κ2) is 3.71. The Bertz CT molecular complexity index is 684. The predicted molar refractivity (Wildman–Crippen MR) is 65.9 cm³/mol. The van der Waals surface area contributed by atoms with E-state index in [1.54, 1.807) is 10.6 Å². The molecule has 0 aliphatic rings. The molecule has 1 radical (unpaired) electrons. The summed E-state index contributed by atoms with van der Waals surface area (Å²) >= 11 is 1.43. The molecule has 2 aromatic heterocycles. The number of fused-ring (bicyclic) bond motifs is 1. The maximum absolute atomic E-state index is 11.5. The van der Waals surface area contributed by atoms with Crippen molar-refractivity contribution in [2.75, 3.05) is 0 Å². The van der Waals surface area contributed by atoms with Crippen molar-refractivity contribution in [3.05, 3.63) is 48.4 Å². The van der Waals surface area contributed by atoms with Crippen LogP contribution in [0.1, 0.15) is 10.5 Å². The molecule has 83 valence electrons. The molecule has 0 aliphatic carbocycles. The van der Waals surface area contributed by atoms with Gasteiger partial charge in [0.2, 0.25) is 0 Å². The van der Waals surface area contributed by atoms with Crippen LogP contribution < -0.4 is 5.73 Å². The third-order valence-electron chi connectivity index (χ3n) is 2.47. The van der Waals surface area contributed by atoms with Gasteiger partial charge in [-0.05, 0) is 5.56 Å². The number of carbonyl (C=O) groups excluding carboxylic acids is 1. The van der Waals surface area contributed by atoms with Crippen LogP contribution in [0, 0.1) is 6.20 Å².